The number of aryl methyl sites for hydroxylation is 1. The molecule has 2 fully saturated rings. The summed E-state index contributed by atoms with van der Waals surface area (Å²) in [7, 11) is 0. The van der Waals surface area contributed by atoms with E-state index in [1.165, 1.54) is 17.3 Å². The Labute approximate surface area is 182 Å². The third-order valence-electron chi connectivity index (χ3n) is 5.74. The zero-order valence-electron chi connectivity index (χ0n) is 17.3. The molecular weight excluding hydrogens is 402 g/mol. The van der Waals surface area contributed by atoms with Gasteiger partial charge in [-0.1, -0.05) is 41.4 Å². The zero-order valence-corrected chi connectivity index (χ0v) is 18.1. The summed E-state index contributed by atoms with van der Waals surface area (Å²) in [5.74, 6) is 0.304. The van der Waals surface area contributed by atoms with Crippen LogP contribution in [0.15, 0.2) is 30.5 Å². The number of morpholine rings is 1. The van der Waals surface area contributed by atoms with E-state index >= 15 is 0 Å². The number of hydrogen-bond donors (Lipinski definition) is 1. The maximum atomic E-state index is 13.0. The molecule has 2 saturated heterocycles. The van der Waals surface area contributed by atoms with Crippen LogP contribution >= 0.6 is 11.6 Å². The van der Waals surface area contributed by atoms with Gasteiger partial charge in [0.25, 0.3) is 5.91 Å². The van der Waals surface area contributed by atoms with E-state index < -0.39 is 0 Å². The summed E-state index contributed by atoms with van der Waals surface area (Å²) in [5.41, 5.74) is 2.62. The summed E-state index contributed by atoms with van der Waals surface area (Å²) in [5, 5.41) is 3.33. The lowest BCUT2D eigenvalue weighted by Crippen LogP contribution is -2.44. The van der Waals surface area contributed by atoms with Gasteiger partial charge in [-0.3, -0.25) is 9.69 Å². The highest BCUT2D eigenvalue weighted by atomic mass is 35.5. The van der Waals surface area contributed by atoms with Crippen LogP contribution in [0.5, 0.6) is 0 Å². The molecule has 0 spiro atoms. The van der Waals surface area contributed by atoms with E-state index in [-0.39, 0.29) is 22.7 Å². The number of hydrogen-bond acceptors (Lipinski definition) is 6. The molecule has 8 heteroatoms. The topological polar surface area (TPSA) is 70.6 Å². The van der Waals surface area contributed by atoms with Gasteiger partial charge in [0.05, 0.1) is 30.5 Å². The average molecular weight is 430 g/mol. The highest BCUT2D eigenvalue weighted by Crippen LogP contribution is 2.23. The van der Waals surface area contributed by atoms with Gasteiger partial charge in [0, 0.05) is 32.7 Å². The predicted octanol–water partition coefficient (Wildman–Crippen LogP) is 2.84. The van der Waals surface area contributed by atoms with Crippen molar-refractivity contribution in [3.63, 3.8) is 0 Å². The summed E-state index contributed by atoms with van der Waals surface area (Å²) in [6.07, 6.45) is 3.76. The van der Waals surface area contributed by atoms with Crippen molar-refractivity contribution in [3.8, 4) is 0 Å². The van der Waals surface area contributed by atoms with Crippen molar-refractivity contribution in [1.29, 1.82) is 0 Å². The van der Waals surface area contributed by atoms with Crippen LogP contribution in [0.4, 0.5) is 5.95 Å². The van der Waals surface area contributed by atoms with Crippen LogP contribution in [0.3, 0.4) is 0 Å². The molecule has 0 bridgehead atoms. The molecule has 4 rings (SSSR count). The van der Waals surface area contributed by atoms with E-state index in [1.807, 2.05) is 0 Å². The number of benzene rings is 1. The Morgan fingerprint density at radius 3 is 2.57 bits per heavy atom. The minimum absolute atomic E-state index is 0.0668. The van der Waals surface area contributed by atoms with E-state index in [1.54, 1.807) is 0 Å². The standard InChI is InChI=1S/C22H28ClN5O2/c1-16-4-6-17(7-5-16)19(27-10-12-30-13-11-27)15-24-21(29)20-18(23)14-25-22(26-20)28-8-2-3-9-28/h4-7,14,19H,2-3,8-13,15H2,1H3,(H,24,29). The Hall–Kier alpha value is -2.22. The molecule has 7 nitrogen and oxygen atoms in total. The number of amides is 1. The van der Waals surface area contributed by atoms with Crippen LogP contribution in [0.25, 0.3) is 0 Å². The third kappa shape index (κ3) is 4.91. The lowest BCUT2D eigenvalue weighted by Gasteiger charge is -2.35. The number of rotatable bonds is 6. The highest BCUT2D eigenvalue weighted by molar-refractivity contribution is 6.33. The van der Waals surface area contributed by atoms with Crippen LogP contribution in [0, 0.1) is 6.92 Å². The van der Waals surface area contributed by atoms with Crippen LogP contribution in [0.2, 0.25) is 5.02 Å². The number of aromatic nitrogens is 2. The van der Waals surface area contributed by atoms with Gasteiger partial charge in [-0.25, -0.2) is 9.97 Å². The Balaban J connectivity index is 1.49. The van der Waals surface area contributed by atoms with Crippen molar-refractivity contribution >= 4 is 23.5 Å². The van der Waals surface area contributed by atoms with Gasteiger partial charge < -0.3 is 15.0 Å². The predicted molar refractivity (Wildman–Crippen MR) is 117 cm³/mol. The van der Waals surface area contributed by atoms with Crippen molar-refractivity contribution in [2.24, 2.45) is 0 Å². The van der Waals surface area contributed by atoms with Crippen molar-refractivity contribution in [2.75, 3.05) is 50.8 Å². The Kier molecular flexibility index (Phi) is 6.82. The summed E-state index contributed by atoms with van der Waals surface area (Å²) in [4.78, 5) is 26.2. The van der Waals surface area contributed by atoms with Gasteiger partial charge >= 0.3 is 0 Å². The van der Waals surface area contributed by atoms with Crippen molar-refractivity contribution in [1.82, 2.24) is 20.2 Å². The Morgan fingerprint density at radius 1 is 1.17 bits per heavy atom. The Bertz CT molecular complexity index is 864. The minimum atomic E-state index is -0.270. The summed E-state index contributed by atoms with van der Waals surface area (Å²) < 4.78 is 5.51. The number of nitrogens with zero attached hydrogens (tertiary/aromatic N) is 4. The fourth-order valence-corrected chi connectivity index (χ4v) is 4.17. The lowest BCUT2D eigenvalue weighted by atomic mass is 10.0. The molecule has 2 aliphatic rings. The van der Waals surface area contributed by atoms with E-state index in [0.29, 0.717) is 25.7 Å². The molecule has 1 aromatic carbocycles. The van der Waals surface area contributed by atoms with Crippen LogP contribution < -0.4 is 10.2 Å². The molecule has 0 saturated carbocycles. The second kappa shape index (κ2) is 9.73. The molecule has 1 unspecified atom stereocenters. The fraction of sp³-hybridized carbons (Fsp3) is 0.500. The number of carbonyl (C=O) groups excluding carboxylic acids is 1. The van der Waals surface area contributed by atoms with Crippen molar-refractivity contribution < 1.29 is 9.53 Å². The third-order valence-corrected chi connectivity index (χ3v) is 6.02. The SMILES string of the molecule is Cc1ccc(C(CNC(=O)c2nc(N3CCCC3)ncc2Cl)N2CCOCC2)cc1. The number of nitrogens with one attached hydrogen (secondary N) is 1. The molecule has 1 aromatic heterocycles. The first-order chi connectivity index (χ1) is 14.6. The van der Waals surface area contributed by atoms with E-state index in [4.69, 9.17) is 16.3 Å². The van der Waals surface area contributed by atoms with Crippen LogP contribution in [-0.4, -0.2) is 66.7 Å². The van der Waals surface area contributed by atoms with Gasteiger partial charge in [-0.05, 0) is 25.3 Å². The number of carbonyl (C=O) groups is 1. The maximum absolute atomic E-state index is 13.0. The zero-order chi connectivity index (χ0) is 20.9. The number of anilines is 1. The molecule has 0 aliphatic carbocycles. The van der Waals surface area contributed by atoms with Crippen molar-refractivity contribution in [2.45, 2.75) is 25.8 Å². The first kappa shape index (κ1) is 21.0. The Morgan fingerprint density at radius 2 is 1.87 bits per heavy atom. The average Bonchev–Trinajstić information content (AvgIpc) is 3.31. The first-order valence-electron chi connectivity index (χ1n) is 10.6. The quantitative estimate of drug-likeness (QED) is 0.761. The smallest absolute Gasteiger partial charge is 0.271 e. The number of halogens is 1. The molecule has 30 heavy (non-hydrogen) atoms. The molecule has 160 valence electrons. The molecule has 0 radical (unpaired) electrons. The molecule has 1 N–H and O–H groups in total. The first-order valence-corrected chi connectivity index (χ1v) is 10.9. The van der Waals surface area contributed by atoms with Gasteiger partial charge in [-0.2, -0.15) is 0 Å². The molecular formula is C22H28ClN5O2. The monoisotopic (exact) mass is 429 g/mol. The minimum Gasteiger partial charge on any atom is -0.379 e. The lowest BCUT2D eigenvalue weighted by molar-refractivity contribution is 0.0162. The molecule has 3 heterocycles. The van der Waals surface area contributed by atoms with Gasteiger partial charge in [0.1, 0.15) is 0 Å². The summed E-state index contributed by atoms with van der Waals surface area (Å²) in [6, 6.07) is 8.54. The molecule has 1 atom stereocenters. The fourth-order valence-electron chi connectivity index (χ4n) is 4.00. The molecule has 2 aliphatic heterocycles. The largest absolute Gasteiger partial charge is 0.379 e. The molecule has 2 aromatic rings. The highest BCUT2D eigenvalue weighted by Gasteiger charge is 2.25. The normalized spacial score (nSPS) is 18.4. The van der Waals surface area contributed by atoms with E-state index in [9.17, 15) is 4.79 Å². The summed E-state index contributed by atoms with van der Waals surface area (Å²) in [6.45, 7) is 7.44. The van der Waals surface area contributed by atoms with Crippen LogP contribution in [0.1, 0.15) is 40.5 Å². The van der Waals surface area contributed by atoms with Gasteiger partial charge in [0.2, 0.25) is 5.95 Å². The molecule has 1 amide bonds. The van der Waals surface area contributed by atoms with Gasteiger partial charge in [-0.15, -0.1) is 0 Å². The summed E-state index contributed by atoms with van der Waals surface area (Å²) >= 11 is 6.26. The van der Waals surface area contributed by atoms with Crippen LogP contribution in [-0.2, 0) is 4.74 Å². The van der Waals surface area contributed by atoms with Crippen molar-refractivity contribution in [3.05, 3.63) is 52.3 Å². The second-order valence-electron chi connectivity index (χ2n) is 7.85. The second-order valence-corrected chi connectivity index (χ2v) is 8.25. The maximum Gasteiger partial charge on any atom is 0.271 e. The van der Waals surface area contributed by atoms with E-state index in [0.717, 1.165) is 39.0 Å². The number of ether oxygens (including phenoxy) is 1. The van der Waals surface area contributed by atoms with E-state index in [2.05, 4.69) is 56.3 Å². The van der Waals surface area contributed by atoms with Gasteiger partial charge in [0.15, 0.2) is 5.69 Å².